The zero-order chi connectivity index (χ0) is 29.9. The average molecular weight is 565 g/mol. The second-order valence-corrected chi connectivity index (χ2v) is 12.6. The number of carboxylic acids is 1. The van der Waals surface area contributed by atoms with Gasteiger partial charge in [0.2, 0.25) is 0 Å². The number of aromatic nitrogens is 1. The van der Waals surface area contributed by atoms with E-state index >= 15 is 0 Å². The molecule has 0 aliphatic heterocycles. The van der Waals surface area contributed by atoms with Crippen LogP contribution in [0, 0.1) is 12.8 Å². The van der Waals surface area contributed by atoms with Crippen LogP contribution in [-0.2, 0) is 16.6 Å². The number of nitrogens with one attached hydrogen (secondary N) is 1. The summed E-state index contributed by atoms with van der Waals surface area (Å²) < 4.78 is 6.24. The highest BCUT2D eigenvalue weighted by atomic mass is 16.5. The van der Waals surface area contributed by atoms with Crippen molar-refractivity contribution in [2.45, 2.75) is 77.7 Å². The fraction of sp³-hybridized carbons (Fsp3) is 0.361. The van der Waals surface area contributed by atoms with Crippen LogP contribution in [0.25, 0.3) is 10.8 Å². The zero-order valence-corrected chi connectivity index (χ0v) is 24.9. The number of ether oxygens (including phenoxy) is 1. The highest BCUT2D eigenvalue weighted by molar-refractivity contribution is 5.98. The van der Waals surface area contributed by atoms with Gasteiger partial charge in [-0.15, -0.1) is 0 Å². The van der Waals surface area contributed by atoms with Gasteiger partial charge in [0.1, 0.15) is 17.2 Å². The summed E-state index contributed by atoms with van der Waals surface area (Å²) in [7, 11) is 0. The molecule has 5 rings (SSSR count). The first kappa shape index (κ1) is 29.3. The predicted octanol–water partition coefficient (Wildman–Crippen LogP) is 8.31. The van der Waals surface area contributed by atoms with Crippen LogP contribution in [0.15, 0.2) is 72.8 Å². The van der Waals surface area contributed by atoms with Crippen molar-refractivity contribution in [1.82, 2.24) is 10.3 Å². The van der Waals surface area contributed by atoms with Gasteiger partial charge in [-0.05, 0) is 71.5 Å². The topological polar surface area (TPSA) is 88.5 Å². The number of carbonyl (C=O) groups excluding carboxylic acids is 1. The standard InChI is InChI=1S/C36H40N2O4/c1-23-8-7-11-26(18-23)31(22-34(39)40)38-35(41)33-20-25-12-15-29(42-28-16-13-27(14-17-28)36(2,3)4)21-30(25)32(37-33)19-24-9-5-6-10-24/h7-8,11-18,20-21,24,31H,5-6,9-10,19,22H2,1-4H3,(H,38,41)(H,39,40). The highest BCUT2D eigenvalue weighted by Crippen LogP contribution is 2.33. The van der Waals surface area contributed by atoms with Gasteiger partial charge >= 0.3 is 5.97 Å². The maximum Gasteiger partial charge on any atom is 0.305 e. The largest absolute Gasteiger partial charge is 0.481 e. The van der Waals surface area contributed by atoms with Gasteiger partial charge in [0.05, 0.1) is 12.5 Å². The smallest absolute Gasteiger partial charge is 0.305 e. The van der Waals surface area contributed by atoms with Crippen molar-refractivity contribution in [1.29, 1.82) is 0 Å². The molecule has 42 heavy (non-hydrogen) atoms. The minimum absolute atomic E-state index is 0.0694. The Bertz CT molecular complexity index is 1580. The molecule has 0 saturated heterocycles. The first-order valence-electron chi connectivity index (χ1n) is 14.9. The number of aliphatic carboxylic acids is 1. The quantitative estimate of drug-likeness (QED) is 0.213. The van der Waals surface area contributed by atoms with E-state index in [0.717, 1.165) is 58.4 Å². The Kier molecular flexibility index (Phi) is 8.62. The van der Waals surface area contributed by atoms with Crippen LogP contribution in [0.5, 0.6) is 11.5 Å². The predicted molar refractivity (Wildman–Crippen MR) is 166 cm³/mol. The third-order valence-corrected chi connectivity index (χ3v) is 8.16. The van der Waals surface area contributed by atoms with E-state index in [0.29, 0.717) is 11.6 Å². The molecule has 0 bridgehead atoms. The zero-order valence-electron chi connectivity index (χ0n) is 24.9. The van der Waals surface area contributed by atoms with Crippen molar-refractivity contribution < 1.29 is 19.4 Å². The molecular formula is C36H40N2O4. The fourth-order valence-corrected chi connectivity index (χ4v) is 5.82. The van der Waals surface area contributed by atoms with Gasteiger partial charge in [-0.25, -0.2) is 4.98 Å². The molecule has 3 aromatic carbocycles. The minimum Gasteiger partial charge on any atom is -0.481 e. The summed E-state index contributed by atoms with van der Waals surface area (Å²) >= 11 is 0. The molecule has 218 valence electrons. The molecule has 1 fully saturated rings. The normalized spacial score (nSPS) is 14.6. The van der Waals surface area contributed by atoms with E-state index in [9.17, 15) is 14.7 Å². The van der Waals surface area contributed by atoms with Gasteiger partial charge in [0.25, 0.3) is 5.91 Å². The van der Waals surface area contributed by atoms with Crippen molar-refractivity contribution >= 4 is 22.6 Å². The Morgan fingerprint density at radius 1 is 0.976 bits per heavy atom. The molecule has 4 aromatic rings. The molecule has 0 radical (unpaired) electrons. The van der Waals surface area contributed by atoms with Crippen LogP contribution in [-0.4, -0.2) is 22.0 Å². The second-order valence-electron chi connectivity index (χ2n) is 12.6. The van der Waals surface area contributed by atoms with Crippen LogP contribution in [0.3, 0.4) is 0 Å². The van der Waals surface area contributed by atoms with Crippen LogP contribution >= 0.6 is 0 Å². The Labute approximate surface area is 248 Å². The maximum atomic E-state index is 13.5. The molecular weight excluding hydrogens is 524 g/mol. The third-order valence-electron chi connectivity index (χ3n) is 8.16. The summed E-state index contributed by atoms with van der Waals surface area (Å²) in [5.41, 5.74) is 4.25. The molecule has 1 unspecified atom stereocenters. The number of hydrogen-bond acceptors (Lipinski definition) is 4. The summed E-state index contributed by atoms with van der Waals surface area (Å²) in [6.45, 7) is 8.51. The lowest BCUT2D eigenvalue weighted by molar-refractivity contribution is -0.137. The molecule has 6 nitrogen and oxygen atoms in total. The molecule has 6 heteroatoms. The van der Waals surface area contributed by atoms with Gasteiger partial charge < -0.3 is 15.2 Å². The molecule has 1 aliphatic carbocycles. The van der Waals surface area contributed by atoms with E-state index in [-0.39, 0.29) is 17.7 Å². The van der Waals surface area contributed by atoms with Crippen molar-refractivity contribution in [2.24, 2.45) is 5.92 Å². The summed E-state index contributed by atoms with van der Waals surface area (Å²) in [4.78, 5) is 30.1. The molecule has 1 aliphatic rings. The summed E-state index contributed by atoms with van der Waals surface area (Å²) in [5.74, 6) is 0.663. The summed E-state index contributed by atoms with van der Waals surface area (Å²) in [6, 6.07) is 22.8. The molecule has 2 N–H and O–H groups in total. The number of pyridine rings is 1. The minimum atomic E-state index is -0.976. The second kappa shape index (κ2) is 12.4. The molecule has 1 amide bonds. The number of nitrogens with zero attached hydrogens (tertiary/aromatic N) is 1. The number of hydrogen-bond donors (Lipinski definition) is 2. The van der Waals surface area contributed by atoms with Gasteiger partial charge in [-0.3, -0.25) is 9.59 Å². The average Bonchev–Trinajstić information content (AvgIpc) is 3.45. The Balaban J connectivity index is 1.45. The van der Waals surface area contributed by atoms with E-state index in [1.54, 1.807) is 6.07 Å². The van der Waals surface area contributed by atoms with Gasteiger partial charge in [-0.2, -0.15) is 0 Å². The maximum absolute atomic E-state index is 13.5. The van der Waals surface area contributed by atoms with Gasteiger partial charge in [-0.1, -0.05) is 94.5 Å². The van der Waals surface area contributed by atoms with Crippen LogP contribution < -0.4 is 10.1 Å². The number of fused-ring (bicyclic) bond motifs is 1. The Hall–Kier alpha value is -4.19. The van der Waals surface area contributed by atoms with E-state index in [4.69, 9.17) is 9.72 Å². The molecule has 1 aromatic heterocycles. The molecule has 0 spiro atoms. The number of rotatable bonds is 9. The SMILES string of the molecule is Cc1cccc(C(CC(=O)O)NC(=O)c2cc3ccc(Oc4ccc(C(C)(C)C)cc4)cc3c(CC3CCCC3)n2)c1. The van der Waals surface area contributed by atoms with E-state index in [1.165, 1.54) is 18.4 Å². The lowest BCUT2D eigenvalue weighted by Gasteiger charge is -2.19. The molecule has 1 saturated carbocycles. The Morgan fingerprint density at radius 3 is 2.36 bits per heavy atom. The Morgan fingerprint density at radius 2 is 1.69 bits per heavy atom. The lowest BCUT2D eigenvalue weighted by atomic mass is 9.87. The first-order chi connectivity index (χ1) is 20.0. The molecule has 1 atom stereocenters. The summed E-state index contributed by atoms with van der Waals surface area (Å²) in [5, 5.41) is 14.4. The van der Waals surface area contributed by atoms with E-state index < -0.39 is 12.0 Å². The van der Waals surface area contributed by atoms with Crippen LogP contribution in [0.1, 0.15) is 91.8 Å². The number of amides is 1. The number of benzene rings is 3. The van der Waals surface area contributed by atoms with E-state index in [1.807, 2.05) is 61.5 Å². The number of carbonyl (C=O) groups is 2. The fourth-order valence-electron chi connectivity index (χ4n) is 5.82. The number of carboxylic acid groups (broad SMARTS) is 1. The van der Waals surface area contributed by atoms with Gasteiger partial charge in [0.15, 0.2) is 0 Å². The monoisotopic (exact) mass is 564 g/mol. The van der Waals surface area contributed by atoms with Crippen LogP contribution in [0.4, 0.5) is 0 Å². The van der Waals surface area contributed by atoms with Crippen molar-refractivity contribution in [3.8, 4) is 11.5 Å². The first-order valence-corrected chi connectivity index (χ1v) is 14.9. The van der Waals surface area contributed by atoms with Gasteiger partial charge in [0, 0.05) is 11.1 Å². The van der Waals surface area contributed by atoms with Crippen molar-refractivity contribution in [3.05, 3.63) is 101 Å². The van der Waals surface area contributed by atoms with Crippen molar-refractivity contribution in [3.63, 3.8) is 0 Å². The van der Waals surface area contributed by atoms with E-state index in [2.05, 4.69) is 38.2 Å². The number of aryl methyl sites for hydroxylation is 1. The molecule has 1 heterocycles. The summed E-state index contributed by atoms with van der Waals surface area (Å²) in [6.07, 6.45) is 5.32. The van der Waals surface area contributed by atoms with Crippen LogP contribution in [0.2, 0.25) is 0 Å². The highest BCUT2D eigenvalue weighted by Gasteiger charge is 2.23. The third kappa shape index (κ3) is 7.17. The van der Waals surface area contributed by atoms with Crippen molar-refractivity contribution in [2.75, 3.05) is 0 Å². The lowest BCUT2D eigenvalue weighted by Crippen LogP contribution is -2.31.